The van der Waals surface area contributed by atoms with Crippen molar-refractivity contribution in [2.24, 2.45) is 0 Å². The van der Waals surface area contributed by atoms with E-state index in [9.17, 15) is 9.59 Å². The molecule has 3 aromatic heterocycles. The normalized spacial score (nSPS) is 10.6. The molecule has 3 heterocycles. The molecule has 0 radical (unpaired) electrons. The molecule has 0 saturated carbocycles. The lowest BCUT2D eigenvalue weighted by molar-refractivity contribution is 0.0841. The number of nitrogens with zero attached hydrogens (tertiary/aromatic N) is 6. The molecule has 10 heteroatoms. The predicted octanol–water partition coefficient (Wildman–Crippen LogP) is 2.59. The van der Waals surface area contributed by atoms with Gasteiger partial charge in [0, 0.05) is 24.2 Å². The van der Waals surface area contributed by atoms with Crippen molar-refractivity contribution in [2.45, 2.75) is 0 Å². The first-order valence-corrected chi connectivity index (χ1v) is 10.3. The van der Waals surface area contributed by atoms with E-state index >= 15 is 0 Å². The molecule has 166 valence electrons. The molecule has 2 amide bonds. The first kappa shape index (κ1) is 20.8. The van der Waals surface area contributed by atoms with E-state index in [0.29, 0.717) is 11.6 Å². The quantitative estimate of drug-likeness (QED) is 0.397. The van der Waals surface area contributed by atoms with E-state index in [1.165, 1.54) is 6.20 Å². The van der Waals surface area contributed by atoms with Crippen molar-refractivity contribution in [3.63, 3.8) is 0 Å². The molecule has 2 N–H and O–H groups in total. The van der Waals surface area contributed by atoms with Gasteiger partial charge in [-0.3, -0.25) is 25.0 Å². The lowest BCUT2D eigenvalue weighted by Gasteiger charge is -2.06. The number of rotatable bonds is 5. The third kappa shape index (κ3) is 4.28. The summed E-state index contributed by atoms with van der Waals surface area (Å²) in [6.45, 7) is 0. The number of aromatic nitrogens is 6. The van der Waals surface area contributed by atoms with Crippen molar-refractivity contribution in [3.8, 4) is 22.9 Å². The second-order valence-electron chi connectivity index (χ2n) is 7.16. The summed E-state index contributed by atoms with van der Waals surface area (Å²) in [5, 5.41) is 4.37. The average molecular weight is 450 g/mol. The third-order valence-corrected chi connectivity index (χ3v) is 4.91. The van der Waals surface area contributed by atoms with E-state index in [0.717, 1.165) is 11.3 Å². The van der Waals surface area contributed by atoms with Crippen LogP contribution < -0.4 is 10.9 Å². The number of hydrogen-bond donors (Lipinski definition) is 2. The lowest BCUT2D eigenvalue weighted by Crippen LogP contribution is -2.42. The minimum absolute atomic E-state index is 0.0865. The Bertz CT molecular complexity index is 1360. The van der Waals surface area contributed by atoms with Gasteiger partial charge in [-0.25, -0.2) is 19.6 Å². The van der Waals surface area contributed by atoms with Crippen LogP contribution in [0, 0.1) is 0 Å². The Kier molecular flexibility index (Phi) is 5.60. The van der Waals surface area contributed by atoms with Gasteiger partial charge in [0.15, 0.2) is 5.82 Å². The first-order chi connectivity index (χ1) is 16.7. The van der Waals surface area contributed by atoms with Crippen LogP contribution in [0.25, 0.3) is 22.9 Å². The molecular weight excluding hydrogens is 432 g/mol. The fraction of sp³-hybridized carbons (Fsp3) is 0. The van der Waals surface area contributed by atoms with Crippen LogP contribution in [0.2, 0.25) is 0 Å². The molecule has 0 fully saturated rings. The highest BCUT2D eigenvalue weighted by Crippen LogP contribution is 2.20. The number of carbonyl (C=O) groups excluding carboxylic acids is 2. The zero-order valence-electron chi connectivity index (χ0n) is 17.7. The second kappa shape index (κ2) is 9.17. The van der Waals surface area contributed by atoms with Crippen LogP contribution in [0.4, 0.5) is 0 Å². The Hall–Kier alpha value is -5.12. The van der Waals surface area contributed by atoms with Crippen LogP contribution >= 0.6 is 0 Å². The molecule has 0 saturated heterocycles. The highest BCUT2D eigenvalue weighted by atomic mass is 16.2. The summed E-state index contributed by atoms with van der Waals surface area (Å²) in [5.74, 6) is -0.145. The van der Waals surface area contributed by atoms with Crippen molar-refractivity contribution in [3.05, 3.63) is 109 Å². The van der Waals surface area contributed by atoms with Gasteiger partial charge in [0.05, 0.1) is 11.3 Å². The van der Waals surface area contributed by atoms with Gasteiger partial charge < -0.3 is 0 Å². The summed E-state index contributed by atoms with van der Waals surface area (Å²) in [7, 11) is 0. The topological polar surface area (TPSA) is 120 Å². The largest absolute Gasteiger partial charge is 0.309 e. The lowest BCUT2D eigenvalue weighted by atomic mass is 10.2. The van der Waals surface area contributed by atoms with Crippen molar-refractivity contribution in [2.75, 3.05) is 0 Å². The number of hydrogen-bond acceptors (Lipinski definition) is 6. The molecule has 5 aromatic rings. The van der Waals surface area contributed by atoms with E-state index < -0.39 is 11.8 Å². The van der Waals surface area contributed by atoms with Crippen molar-refractivity contribution in [1.82, 2.24) is 40.2 Å². The number of amides is 2. The minimum atomic E-state index is -0.650. The molecule has 10 nitrogen and oxygen atoms in total. The minimum Gasteiger partial charge on any atom is -0.291 e. The van der Waals surface area contributed by atoms with E-state index in [-0.39, 0.29) is 11.4 Å². The maximum atomic E-state index is 12.7. The first-order valence-electron chi connectivity index (χ1n) is 10.3. The Labute approximate surface area is 193 Å². The van der Waals surface area contributed by atoms with E-state index in [2.05, 4.69) is 30.9 Å². The highest BCUT2D eigenvalue weighted by Gasteiger charge is 2.19. The Morgan fingerprint density at radius 2 is 1.56 bits per heavy atom. The number of hydrazine groups is 1. The predicted molar refractivity (Wildman–Crippen MR) is 123 cm³/mol. The Balaban J connectivity index is 1.33. The van der Waals surface area contributed by atoms with Gasteiger partial charge in [-0.1, -0.05) is 48.5 Å². The fourth-order valence-corrected chi connectivity index (χ4v) is 3.24. The maximum Gasteiger partial charge on any atom is 0.309 e. The van der Waals surface area contributed by atoms with Gasteiger partial charge in [-0.2, -0.15) is 0 Å². The smallest absolute Gasteiger partial charge is 0.291 e. The standard InChI is InChI=1S/C24H18N8O2/c33-23(18-11-12-20(26-15-18)31-14-13-25-16-31)28-29-24(34)21-27-22(17-7-3-1-4-8-17)32(30-21)19-9-5-2-6-10-19/h1-16H,(H,28,33)(H,29,34). The SMILES string of the molecule is O=C(NNC(=O)c1nc(-c2ccccc2)n(-c2ccccc2)n1)c1ccc(-n2ccnc2)nc1. The molecule has 0 aliphatic carbocycles. The monoisotopic (exact) mass is 450 g/mol. The number of para-hydroxylation sites is 1. The summed E-state index contributed by atoms with van der Waals surface area (Å²) < 4.78 is 3.30. The van der Waals surface area contributed by atoms with Crippen LogP contribution in [0.1, 0.15) is 21.0 Å². The zero-order chi connectivity index (χ0) is 23.3. The Morgan fingerprint density at radius 3 is 2.24 bits per heavy atom. The summed E-state index contributed by atoms with van der Waals surface area (Å²) in [5.41, 5.74) is 6.56. The van der Waals surface area contributed by atoms with Gasteiger partial charge in [0.25, 0.3) is 5.91 Å². The van der Waals surface area contributed by atoms with E-state index in [4.69, 9.17) is 0 Å². The van der Waals surface area contributed by atoms with Crippen molar-refractivity contribution >= 4 is 11.8 Å². The Morgan fingerprint density at radius 1 is 0.824 bits per heavy atom. The van der Waals surface area contributed by atoms with Gasteiger partial charge in [-0.15, -0.1) is 5.10 Å². The molecule has 0 aliphatic rings. The van der Waals surface area contributed by atoms with E-state index in [1.54, 1.807) is 40.1 Å². The number of carbonyl (C=O) groups is 2. The summed E-state index contributed by atoms with van der Waals surface area (Å²) in [6.07, 6.45) is 6.39. The molecule has 2 aromatic carbocycles. The molecule has 34 heavy (non-hydrogen) atoms. The van der Waals surface area contributed by atoms with Crippen LogP contribution in [0.5, 0.6) is 0 Å². The zero-order valence-corrected chi connectivity index (χ0v) is 17.7. The molecule has 0 bridgehead atoms. The number of imidazole rings is 1. The maximum absolute atomic E-state index is 12.7. The molecule has 5 rings (SSSR count). The molecule has 0 spiro atoms. The summed E-state index contributed by atoms with van der Waals surface area (Å²) in [6, 6.07) is 22.1. The number of nitrogens with one attached hydrogen (secondary N) is 2. The molecule has 0 atom stereocenters. The second-order valence-corrected chi connectivity index (χ2v) is 7.16. The van der Waals surface area contributed by atoms with Crippen LogP contribution in [0.15, 0.2) is 97.7 Å². The summed E-state index contributed by atoms with van der Waals surface area (Å²) >= 11 is 0. The van der Waals surface area contributed by atoms with Crippen molar-refractivity contribution in [1.29, 1.82) is 0 Å². The van der Waals surface area contributed by atoms with Gasteiger partial charge in [0.2, 0.25) is 5.82 Å². The molecular formula is C24H18N8O2. The van der Waals surface area contributed by atoms with E-state index in [1.807, 2.05) is 60.7 Å². The van der Waals surface area contributed by atoms with Crippen LogP contribution in [-0.2, 0) is 0 Å². The third-order valence-electron chi connectivity index (χ3n) is 4.91. The fourth-order valence-electron chi connectivity index (χ4n) is 3.24. The highest BCUT2D eigenvalue weighted by molar-refractivity contribution is 5.97. The molecule has 0 aliphatic heterocycles. The number of benzene rings is 2. The molecule has 0 unspecified atom stereocenters. The van der Waals surface area contributed by atoms with Gasteiger partial charge in [-0.05, 0) is 24.3 Å². The van der Waals surface area contributed by atoms with Gasteiger partial charge in [0.1, 0.15) is 12.1 Å². The number of pyridine rings is 1. The average Bonchev–Trinajstić information content (AvgIpc) is 3.59. The summed E-state index contributed by atoms with van der Waals surface area (Å²) in [4.78, 5) is 37.8. The van der Waals surface area contributed by atoms with Crippen LogP contribution in [0.3, 0.4) is 0 Å². The van der Waals surface area contributed by atoms with Crippen LogP contribution in [-0.4, -0.2) is 41.1 Å². The van der Waals surface area contributed by atoms with Gasteiger partial charge >= 0.3 is 5.91 Å². The van der Waals surface area contributed by atoms with Crippen molar-refractivity contribution < 1.29 is 9.59 Å².